The highest BCUT2D eigenvalue weighted by atomic mass is 16.2. The Kier molecular flexibility index (Phi) is 5.09. The first kappa shape index (κ1) is 15.8. The highest BCUT2D eigenvalue weighted by Gasteiger charge is 2.29. The van der Waals surface area contributed by atoms with Gasteiger partial charge in [-0.05, 0) is 25.7 Å². The second kappa shape index (κ2) is 7.42. The van der Waals surface area contributed by atoms with Gasteiger partial charge in [-0.15, -0.1) is 0 Å². The van der Waals surface area contributed by atoms with Crippen LogP contribution in [0.25, 0.3) is 0 Å². The van der Waals surface area contributed by atoms with E-state index < -0.39 is 0 Å². The Morgan fingerprint density at radius 3 is 2.04 bits per heavy atom. The summed E-state index contributed by atoms with van der Waals surface area (Å²) in [6.07, 6.45) is 2.50. The highest BCUT2D eigenvalue weighted by molar-refractivity contribution is 5.77. The molecule has 2 aromatic carbocycles. The molecule has 0 bridgehead atoms. The van der Waals surface area contributed by atoms with Crippen LogP contribution >= 0.6 is 0 Å². The number of nitrogens with two attached hydrogens (primary N) is 1. The summed E-state index contributed by atoms with van der Waals surface area (Å²) >= 11 is 0. The fourth-order valence-corrected chi connectivity index (χ4v) is 3.04. The molecule has 23 heavy (non-hydrogen) atoms. The second-order valence-corrected chi connectivity index (χ2v) is 6.43. The van der Waals surface area contributed by atoms with Gasteiger partial charge in [0.1, 0.15) is 6.04 Å². The summed E-state index contributed by atoms with van der Waals surface area (Å²) in [4.78, 5) is 12.2. The molecule has 3 heteroatoms. The van der Waals surface area contributed by atoms with Gasteiger partial charge in [-0.2, -0.15) is 0 Å². The maximum Gasteiger partial charge on any atom is 0.275 e. The first-order valence-corrected chi connectivity index (χ1v) is 8.46. The van der Waals surface area contributed by atoms with E-state index in [1.807, 2.05) is 36.4 Å². The van der Waals surface area contributed by atoms with E-state index in [1.165, 1.54) is 24.0 Å². The molecule has 120 valence electrons. The predicted molar refractivity (Wildman–Crippen MR) is 91.8 cm³/mol. The minimum atomic E-state index is 0.126. The van der Waals surface area contributed by atoms with Crippen molar-refractivity contribution < 1.29 is 10.1 Å². The van der Waals surface area contributed by atoms with Crippen LogP contribution in [0.5, 0.6) is 0 Å². The normalized spacial score (nSPS) is 15.4. The second-order valence-electron chi connectivity index (χ2n) is 6.43. The third-order valence-electron chi connectivity index (χ3n) is 4.57. The number of rotatable bonds is 7. The quantitative estimate of drug-likeness (QED) is 0.809. The molecule has 3 nitrogen and oxygen atoms in total. The van der Waals surface area contributed by atoms with E-state index in [-0.39, 0.29) is 11.9 Å². The number of hydrogen-bond donors (Lipinski definition) is 2. The third kappa shape index (κ3) is 4.42. The van der Waals surface area contributed by atoms with Crippen molar-refractivity contribution in [3.8, 4) is 0 Å². The summed E-state index contributed by atoms with van der Waals surface area (Å²) in [6.45, 7) is 2.56. The third-order valence-corrected chi connectivity index (χ3v) is 4.57. The van der Waals surface area contributed by atoms with Gasteiger partial charge in [0.25, 0.3) is 5.91 Å². The molecule has 3 N–H and O–H groups in total. The van der Waals surface area contributed by atoms with Crippen molar-refractivity contribution in [2.24, 2.45) is 5.92 Å². The van der Waals surface area contributed by atoms with Crippen LogP contribution < -0.4 is 10.6 Å². The molecule has 0 unspecified atom stereocenters. The summed E-state index contributed by atoms with van der Waals surface area (Å²) in [5, 5.41) is 5.25. The molecule has 0 saturated heterocycles. The molecule has 0 radical (unpaired) electrons. The summed E-state index contributed by atoms with van der Waals surface area (Å²) in [5.41, 5.74) is 2.45. The molecule has 1 amide bonds. The SMILES string of the molecule is C[C@H](NC(=O)C[NH2+]C(c1ccccc1)c1ccccc1)C1CC1. The number of nitrogens with one attached hydrogen (secondary N) is 1. The smallest absolute Gasteiger partial charge is 0.275 e. The molecule has 1 fully saturated rings. The van der Waals surface area contributed by atoms with Crippen LogP contribution in [0.1, 0.15) is 36.9 Å². The fourth-order valence-electron chi connectivity index (χ4n) is 3.04. The Hall–Kier alpha value is -2.13. The van der Waals surface area contributed by atoms with E-state index in [0.29, 0.717) is 18.5 Å². The first-order chi connectivity index (χ1) is 11.2. The Balaban J connectivity index is 1.65. The van der Waals surface area contributed by atoms with Gasteiger partial charge in [-0.1, -0.05) is 60.7 Å². The van der Waals surface area contributed by atoms with Crippen LogP contribution in [-0.2, 0) is 4.79 Å². The molecule has 0 heterocycles. The summed E-state index contributed by atoms with van der Waals surface area (Å²) in [5.74, 6) is 0.819. The van der Waals surface area contributed by atoms with E-state index in [1.54, 1.807) is 0 Å². The average molecular weight is 309 g/mol. The number of carbonyl (C=O) groups excluding carboxylic acids is 1. The van der Waals surface area contributed by atoms with E-state index >= 15 is 0 Å². The lowest BCUT2D eigenvalue weighted by Crippen LogP contribution is -2.87. The van der Waals surface area contributed by atoms with Gasteiger partial charge in [0, 0.05) is 17.2 Å². The lowest BCUT2D eigenvalue weighted by Gasteiger charge is -2.18. The van der Waals surface area contributed by atoms with E-state index in [9.17, 15) is 4.79 Å². The summed E-state index contributed by atoms with van der Waals surface area (Å²) in [7, 11) is 0. The van der Waals surface area contributed by atoms with Gasteiger partial charge in [-0.3, -0.25) is 4.79 Å². The topological polar surface area (TPSA) is 45.7 Å². The van der Waals surface area contributed by atoms with Crippen molar-refractivity contribution >= 4 is 5.91 Å². The zero-order chi connectivity index (χ0) is 16.1. The molecular weight excluding hydrogens is 284 g/mol. The largest absolute Gasteiger partial charge is 0.348 e. The zero-order valence-electron chi connectivity index (χ0n) is 13.6. The maximum atomic E-state index is 12.2. The predicted octanol–water partition coefficient (Wildman–Crippen LogP) is 2.25. The van der Waals surface area contributed by atoms with Crippen molar-refractivity contribution in [3.05, 3.63) is 71.8 Å². The Labute approximate surface area is 138 Å². The van der Waals surface area contributed by atoms with Gasteiger partial charge in [0.15, 0.2) is 6.54 Å². The van der Waals surface area contributed by atoms with Crippen LogP contribution in [-0.4, -0.2) is 18.5 Å². The Morgan fingerprint density at radius 2 is 1.57 bits per heavy atom. The van der Waals surface area contributed by atoms with Crippen molar-refractivity contribution in [3.63, 3.8) is 0 Å². The number of amides is 1. The minimum Gasteiger partial charge on any atom is -0.348 e. The number of hydrogen-bond acceptors (Lipinski definition) is 1. The van der Waals surface area contributed by atoms with Gasteiger partial charge in [0.2, 0.25) is 0 Å². The number of quaternary nitrogens is 1. The van der Waals surface area contributed by atoms with Gasteiger partial charge in [0.05, 0.1) is 0 Å². The van der Waals surface area contributed by atoms with Crippen molar-refractivity contribution in [2.45, 2.75) is 31.8 Å². The molecule has 1 atom stereocenters. The van der Waals surface area contributed by atoms with Crippen LogP contribution in [0.4, 0.5) is 0 Å². The van der Waals surface area contributed by atoms with Crippen LogP contribution in [0.3, 0.4) is 0 Å². The molecule has 0 aliphatic heterocycles. The van der Waals surface area contributed by atoms with Crippen LogP contribution in [0.2, 0.25) is 0 Å². The lowest BCUT2D eigenvalue weighted by atomic mass is 9.99. The number of benzene rings is 2. The Morgan fingerprint density at radius 1 is 1.04 bits per heavy atom. The van der Waals surface area contributed by atoms with Gasteiger partial charge < -0.3 is 10.6 Å². The van der Waals surface area contributed by atoms with Gasteiger partial charge >= 0.3 is 0 Å². The van der Waals surface area contributed by atoms with Crippen LogP contribution in [0.15, 0.2) is 60.7 Å². The molecule has 1 aliphatic rings. The van der Waals surface area contributed by atoms with Gasteiger partial charge in [-0.25, -0.2) is 0 Å². The minimum absolute atomic E-state index is 0.126. The molecule has 3 rings (SSSR count). The van der Waals surface area contributed by atoms with E-state index in [2.05, 4.69) is 41.8 Å². The van der Waals surface area contributed by atoms with Crippen molar-refractivity contribution in [1.82, 2.24) is 5.32 Å². The van der Waals surface area contributed by atoms with Crippen LogP contribution in [0, 0.1) is 5.92 Å². The van der Waals surface area contributed by atoms with E-state index in [0.717, 1.165) is 0 Å². The van der Waals surface area contributed by atoms with Crippen molar-refractivity contribution in [2.75, 3.05) is 6.54 Å². The fraction of sp³-hybridized carbons (Fsp3) is 0.350. The zero-order valence-corrected chi connectivity index (χ0v) is 13.6. The summed E-state index contributed by atoms with van der Waals surface area (Å²) < 4.78 is 0. The highest BCUT2D eigenvalue weighted by Crippen LogP contribution is 2.32. The standard InChI is InChI=1S/C20H24N2O/c1-15(16-12-13-16)22-19(23)14-21-20(17-8-4-2-5-9-17)18-10-6-3-7-11-18/h2-11,15-16,20-21H,12-14H2,1H3,(H,22,23)/p+1/t15-/m0/s1. The van der Waals surface area contributed by atoms with Crippen molar-refractivity contribution in [1.29, 1.82) is 0 Å². The first-order valence-electron chi connectivity index (χ1n) is 8.46. The number of carbonyl (C=O) groups is 1. The molecule has 0 aromatic heterocycles. The lowest BCUT2D eigenvalue weighted by molar-refractivity contribution is -0.676. The molecule has 1 aliphatic carbocycles. The average Bonchev–Trinajstić information content (AvgIpc) is 3.42. The molecule has 1 saturated carbocycles. The van der Waals surface area contributed by atoms with E-state index in [4.69, 9.17) is 0 Å². The molecular formula is C20H25N2O+. The maximum absolute atomic E-state index is 12.2. The molecule has 2 aromatic rings. The Bertz CT molecular complexity index is 583. The summed E-state index contributed by atoms with van der Waals surface area (Å²) in [6, 6.07) is 21.2. The molecule has 0 spiro atoms. The monoisotopic (exact) mass is 309 g/mol.